The second kappa shape index (κ2) is 9.14. The van der Waals surface area contributed by atoms with Gasteiger partial charge in [0.15, 0.2) is 0 Å². The summed E-state index contributed by atoms with van der Waals surface area (Å²) in [5.74, 6) is -2.15. The molecule has 2 saturated carbocycles. The fourth-order valence-electron chi connectivity index (χ4n) is 8.49. The third kappa shape index (κ3) is 3.67. The summed E-state index contributed by atoms with van der Waals surface area (Å²) in [7, 11) is 0. The zero-order chi connectivity index (χ0) is 25.9. The third-order valence-electron chi connectivity index (χ3n) is 9.60. The molecular weight excluding hydrogens is 454 g/mol. The fourth-order valence-corrected chi connectivity index (χ4v) is 8.49. The van der Waals surface area contributed by atoms with Crippen molar-refractivity contribution in [2.45, 2.75) is 71.3 Å². The Morgan fingerprint density at radius 1 is 1.19 bits per heavy atom. The highest BCUT2D eigenvalue weighted by Gasteiger charge is 2.77. The van der Waals surface area contributed by atoms with Gasteiger partial charge in [-0.3, -0.25) is 9.59 Å². The molecule has 0 radical (unpaired) electrons. The van der Waals surface area contributed by atoms with E-state index in [1.165, 1.54) is 6.92 Å². The largest absolute Gasteiger partial charge is 0.461 e. The highest BCUT2D eigenvalue weighted by molar-refractivity contribution is 5.89. The van der Waals surface area contributed by atoms with Crippen LogP contribution in [0.3, 0.4) is 0 Å². The maximum atomic E-state index is 14.2. The first kappa shape index (κ1) is 25.2. The van der Waals surface area contributed by atoms with Gasteiger partial charge < -0.3 is 20.3 Å². The molecule has 0 aromatic heterocycles. The summed E-state index contributed by atoms with van der Waals surface area (Å²) in [5, 5.41) is 26.5. The lowest BCUT2D eigenvalue weighted by Crippen LogP contribution is -2.59. The lowest BCUT2D eigenvalue weighted by molar-refractivity contribution is -0.168. The molecule has 3 fully saturated rings. The van der Waals surface area contributed by atoms with E-state index >= 15 is 0 Å². The molecule has 3 aliphatic carbocycles. The molecule has 6 heteroatoms. The predicted molar refractivity (Wildman–Crippen MR) is 136 cm³/mol. The second-order valence-electron chi connectivity index (χ2n) is 11.9. The molecule has 36 heavy (non-hydrogen) atoms. The van der Waals surface area contributed by atoms with Crippen LogP contribution in [0, 0.1) is 40.9 Å². The van der Waals surface area contributed by atoms with Gasteiger partial charge in [0.05, 0.1) is 17.6 Å². The maximum absolute atomic E-state index is 14.2. The van der Waals surface area contributed by atoms with Crippen molar-refractivity contribution in [1.29, 1.82) is 0 Å². The van der Waals surface area contributed by atoms with E-state index in [4.69, 9.17) is 4.74 Å². The smallest absolute Gasteiger partial charge is 0.302 e. The number of ether oxygens (including phenoxy) is 1. The van der Waals surface area contributed by atoms with Crippen LogP contribution in [0.5, 0.6) is 0 Å². The van der Waals surface area contributed by atoms with Crippen LogP contribution in [0.2, 0.25) is 0 Å². The van der Waals surface area contributed by atoms with Crippen molar-refractivity contribution in [2.24, 2.45) is 40.9 Å². The summed E-state index contributed by atoms with van der Waals surface area (Å²) in [5.41, 5.74) is 1.82. The molecule has 1 amide bonds. The molecule has 1 aromatic rings. The minimum absolute atomic E-state index is 0.173. The summed E-state index contributed by atoms with van der Waals surface area (Å²) in [6, 6.07) is 9.84. The quantitative estimate of drug-likeness (QED) is 0.443. The van der Waals surface area contributed by atoms with Gasteiger partial charge in [0.1, 0.15) is 6.10 Å². The second-order valence-corrected chi connectivity index (χ2v) is 11.9. The number of hydrogen-bond donors (Lipinski definition) is 3. The maximum Gasteiger partial charge on any atom is 0.302 e. The number of aliphatic hydroxyl groups excluding tert-OH is 2. The summed E-state index contributed by atoms with van der Waals surface area (Å²) < 4.78 is 6.08. The normalized spacial score (nSPS) is 45.3. The van der Waals surface area contributed by atoms with E-state index in [1.54, 1.807) is 0 Å². The molecule has 1 aliphatic heterocycles. The van der Waals surface area contributed by atoms with Crippen LogP contribution in [-0.4, -0.2) is 46.4 Å². The zero-order valence-corrected chi connectivity index (χ0v) is 21.7. The van der Waals surface area contributed by atoms with Crippen LogP contribution in [0.25, 0.3) is 0 Å². The third-order valence-corrected chi connectivity index (χ3v) is 9.60. The Bertz CT molecular complexity index is 1080. The molecule has 3 N–H and O–H groups in total. The molecule has 1 heterocycles. The monoisotopic (exact) mass is 493 g/mol. The Hall–Kier alpha value is -2.44. The van der Waals surface area contributed by atoms with E-state index in [1.807, 2.05) is 25.1 Å². The number of amides is 1. The van der Waals surface area contributed by atoms with E-state index < -0.39 is 41.5 Å². The Morgan fingerprint density at radius 3 is 2.56 bits per heavy atom. The molecule has 5 rings (SSSR count). The highest BCUT2D eigenvalue weighted by atomic mass is 16.5. The van der Waals surface area contributed by atoms with E-state index in [2.05, 4.69) is 44.0 Å². The first-order valence-electron chi connectivity index (χ1n) is 13.3. The van der Waals surface area contributed by atoms with Gasteiger partial charge in [-0.1, -0.05) is 62.4 Å². The van der Waals surface area contributed by atoms with Crippen molar-refractivity contribution in [3.05, 3.63) is 59.7 Å². The molecule has 1 saturated heterocycles. The molecule has 6 nitrogen and oxygen atoms in total. The number of carbonyl (C=O) groups excluding carboxylic acids is 2. The number of hydrogen-bond acceptors (Lipinski definition) is 5. The minimum Gasteiger partial charge on any atom is -0.461 e. The Labute approximate surface area is 213 Å². The lowest BCUT2D eigenvalue weighted by atomic mass is 9.53. The number of aliphatic hydroxyl groups is 2. The van der Waals surface area contributed by atoms with Gasteiger partial charge in [0.2, 0.25) is 5.91 Å². The van der Waals surface area contributed by atoms with Gasteiger partial charge in [0.25, 0.3) is 0 Å². The fraction of sp³-hybridized carbons (Fsp3) is 0.600. The number of rotatable bonds is 3. The van der Waals surface area contributed by atoms with Gasteiger partial charge in [-0.25, -0.2) is 0 Å². The highest BCUT2D eigenvalue weighted by Crippen LogP contribution is 2.67. The topological polar surface area (TPSA) is 95.9 Å². The molecular formula is C30H39NO5. The van der Waals surface area contributed by atoms with Gasteiger partial charge in [-0.05, 0) is 49.2 Å². The van der Waals surface area contributed by atoms with E-state index in [-0.39, 0.29) is 35.6 Å². The number of benzene rings is 1. The summed E-state index contributed by atoms with van der Waals surface area (Å²) in [6.07, 6.45) is 1.69. The first-order chi connectivity index (χ1) is 17.1. The predicted octanol–water partition coefficient (Wildman–Crippen LogP) is 3.43. The number of allylic oxidation sites excluding steroid dienone is 1. The molecule has 0 unspecified atom stereocenters. The Kier molecular flexibility index (Phi) is 6.40. The average Bonchev–Trinajstić information content (AvgIpc) is 3.24. The number of carbonyl (C=O) groups is 2. The van der Waals surface area contributed by atoms with Crippen molar-refractivity contribution in [2.75, 3.05) is 0 Å². The van der Waals surface area contributed by atoms with Gasteiger partial charge in [-0.15, -0.1) is 0 Å². The number of esters is 1. The molecule has 4 aliphatic rings. The van der Waals surface area contributed by atoms with Crippen LogP contribution in [0.15, 0.2) is 54.1 Å². The molecule has 0 bridgehead atoms. The average molecular weight is 494 g/mol. The van der Waals surface area contributed by atoms with Gasteiger partial charge >= 0.3 is 5.97 Å². The van der Waals surface area contributed by atoms with Crippen LogP contribution < -0.4 is 5.32 Å². The minimum atomic E-state index is -1.15. The van der Waals surface area contributed by atoms with E-state index in [0.29, 0.717) is 18.4 Å². The Balaban J connectivity index is 1.70. The van der Waals surface area contributed by atoms with Gasteiger partial charge in [0, 0.05) is 36.6 Å². The van der Waals surface area contributed by atoms with Crippen molar-refractivity contribution < 1.29 is 24.5 Å². The number of nitrogens with one attached hydrogen (secondary N) is 1. The van der Waals surface area contributed by atoms with E-state index in [0.717, 1.165) is 17.6 Å². The van der Waals surface area contributed by atoms with E-state index in [9.17, 15) is 19.8 Å². The summed E-state index contributed by atoms with van der Waals surface area (Å²) in [4.78, 5) is 26.7. The van der Waals surface area contributed by atoms with Crippen LogP contribution in [0.4, 0.5) is 0 Å². The first-order valence-corrected chi connectivity index (χ1v) is 13.3. The molecule has 194 valence electrons. The molecule has 1 aromatic carbocycles. The molecule has 11 atom stereocenters. The summed E-state index contributed by atoms with van der Waals surface area (Å²) in [6.45, 7) is 11.9. The van der Waals surface area contributed by atoms with Crippen LogP contribution in [0.1, 0.15) is 46.1 Å². The Morgan fingerprint density at radius 2 is 1.89 bits per heavy atom. The van der Waals surface area contributed by atoms with Crippen molar-refractivity contribution in [3.8, 4) is 0 Å². The SMILES string of the molecule is C=C1[C@@H](C)[C@H]2[C@H](Cc3ccccc3)NC(=O)[C@@]23[C@@H]([C@@H]2[C@H](/C=C(/C)C[C@@H](C)C[C@H]2O)[C@H]3OC(C)=O)[C@@H]1O. The summed E-state index contributed by atoms with van der Waals surface area (Å²) >= 11 is 0. The standard InChI is InChI=1S/C30H39NO5/c1-15-11-16(2)13-23(33)24-21(12-15)28(36-19(5)32)30-25(17(3)18(4)27(34)26(24)30)22(31-29(30)35)14-20-9-7-6-8-10-20/h6-10,12,16-17,21-28,33-34H,4,11,13-14H2,1-3,5H3,(H,31,35)/b15-12-/t16-,17-,21+,22+,23-,24-,25+,26+,27-,28-,30-/m1/s1. The number of fused-ring (bicyclic) bond motifs is 2. The van der Waals surface area contributed by atoms with Crippen molar-refractivity contribution >= 4 is 11.9 Å². The van der Waals surface area contributed by atoms with Crippen LogP contribution in [-0.2, 0) is 20.7 Å². The van der Waals surface area contributed by atoms with Crippen molar-refractivity contribution in [3.63, 3.8) is 0 Å². The van der Waals surface area contributed by atoms with Crippen molar-refractivity contribution in [1.82, 2.24) is 5.32 Å². The van der Waals surface area contributed by atoms with Crippen LogP contribution >= 0.6 is 0 Å². The van der Waals surface area contributed by atoms with Gasteiger partial charge in [-0.2, -0.15) is 0 Å². The zero-order valence-electron chi connectivity index (χ0n) is 21.7. The lowest BCUT2D eigenvalue weighted by Gasteiger charge is -2.50. The molecule has 1 spiro atoms.